The molecule has 1 aromatic carbocycles. The summed E-state index contributed by atoms with van der Waals surface area (Å²) in [5, 5.41) is 9.46. The molecule has 0 bridgehead atoms. The molecular formula is C9H12O3S. The molecule has 0 amide bonds. The van der Waals surface area contributed by atoms with Crippen molar-refractivity contribution in [2.45, 2.75) is 12.4 Å². The third-order valence-electron chi connectivity index (χ3n) is 1.83. The third kappa shape index (κ3) is 2.29. The van der Waals surface area contributed by atoms with Gasteiger partial charge in [-0.05, 0) is 5.56 Å². The molecule has 13 heavy (non-hydrogen) atoms. The van der Waals surface area contributed by atoms with Crippen LogP contribution in [-0.4, -0.2) is 19.3 Å². The molecule has 1 atom stereocenters. The Bertz CT molecular complexity index is 356. The molecule has 4 heteroatoms. The number of aliphatic hydroxyl groups excluding tert-OH is 1. The number of sulfone groups is 1. The van der Waals surface area contributed by atoms with Crippen molar-refractivity contribution in [3.8, 4) is 0 Å². The normalized spacial score (nSPS) is 14.0. The highest BCUT2D eigenvalue weighted by atomic mass is 32.2. The Hall–Kier alpha value is -0.870. The predicted octanol–water partition coefficient (Wildman–Crippen LogP) is 1.11. The van der Waals surface area contributed by atoms with Gasteiger partial charge in [0, 0.05) is 0 Å². The average molecular weight is 200 g/mol. The van der Waals surface area contributed by atoms with Gasteiger partial charge in [-0.25, -0.2) is 8.42 Å². The third-order valence-corrected chi connectivity index (χ3v) is 3.58. The van der Waals surface area contributed by atoms with Gasteiger partial charge in [0.2, 0.25) is 0 Å². The molecule has 0 heterocycles. The Morgan fingerprint density at radius 3 is 2.31 bits per heavy atom. The fourth-order valence-corrected chi connectivity index (χ4v) is 1.87. The van der Waals surface area contributed by atoms with Gasteiger partial charge >= 0.3 is 0 Å². The summed E-state index contributed by atoms with van der Waals surface area (Å²) in [4.78, 5) is 0. The number of aliphatic hydroxyl groups is 1. The van der Waals surface area contributed by atoms with Gasteiger partial charge in [-0.3, -0.25) is 0 Å². The number of hydrogen-bond acceptors (Lipinski definition) is 3. The second kappa shape index (κ2) is 3.89. The first-order chi connectivity index (χ1) is 6.08. The van der Waals surface area contributed by atoms with Crippen LogP contribution in [0.1, 0.15) is 17.9 Å². The van der Waals surface area contributed by atoms with Gasteiger partial charge in [0.15, 0.2) is 15.3 Å². The Kier molecular flexibility index (Phi) is 3.06. The van der Waals surface area contributed by atoms with Gasteiger partial charge in [0.05, 0.1) is 5.75 Å². The van der Waals surface area contributed by atoms with Crippen LogP contribution >= 0.6 is 0 Å². The molecule has 0 saturated carbocycles. The molecule has 0 saturated heterocycles. The van der Waals surface area contributed by atoms with Crippen molar-refractivity contribution in [2.75, 3.05) is 5.75 Å². The van der Waals surface area contributed by atoms with E-state index in [2.05, 4.69) is 0 Å². The lowest BCUT2D eigenvalue weighted by Crippen LogP contribution is -2.14. The van der Waals surface area contributed by atoms with Crippen molar-refractivity contribution in [3.63, 3.8) is 0 Å². The van der Waals surface area contributed by atoms with E-state index in [9.17, 15) is 13.5 Å². The van der Waals surface area contributed by atoms with Crippen LogP contribution < -0.4 is 0 Å². The molecule has 0 aromatic heterocycles. The molecule has 1 unspecified atom stereocenters. The van der Waals surface area contributed by atoms with Crippen LogP contribution in [0.25, 0.3) is 0 Å². The van der Waals surface area contributed by atoms with E-state index in [0.717, 1.165) is 0 Å². The van der Waals surface area contributed by atoms with Gasteiger partial charge in [0.25, 0.3) is 0 Å². The maximum absolute atomic E-state index is 11.2. The van der Waals surface area contributed by atoms with Crippen LogP contribution in [0.4, 0.5) is 0 Å². The SMILES string of the molecule is CCS(=O)(=O)C(O)c1ccccc1. The lowest BCUT2D eigenvalue weighted by Gasteiger charge is -2.09. The Morgan fingerprint density at radius 2 is 1.85 bits per heavy atom. The van der Waals surface area contributed by atoms with E-state index >= 15 is 0 Å². The monoisotopic (exact) mass is 200 g/mol. The Morgan fingerprint density at radius 1 is 1.31 bits per heavy atom. The van der Waals surface area contributed by atoms with Crippen LogP contribution in [0.5, 0.6) is 0 Å². The molecule has 0 radical (unpaired) electrons. The molecule has 3 nitrogen and oxygen atoms in total. The van der Waals surface area contributed by atoms with Gasteiger partial charge in [-0.1, -0.05) is 37.3 Å². The highest BCUT2D eigenvalue weighted by molar-refractivity contribution is 7.91. The number of hydrogen-bond donors (Lipinski definition) is 1. The van der Waals surface area contributed by atoms with E-state index in [-0.39, 0.29) is 5.75 Å². The second-order valence-corrected chi connectivity index (χ2v) is 5.06. The highest BCUT2D eigenvalue weighted by Gasteiger charge is 2.21. The van der Waals surface area contributed by atoms with Crippen LogP contribution in [0.15, 0.2) is 30.3 Å². The lowest BCUT2D eigenvalue weighted by molar-refractivity contribution is 0.255. The minimum Gasteiger partial charge on any atom is -0.373 e. The zero-order valence-electron chi connectivity index (χ0n) is 7.34. The van der Waals surface area contributed by atoms with Crippen molar-refractivity contribution < 1.29 is 13.5 Å². The fourth-order valence-electron chi connectivity index (χ4n) is 0.983. The second-order valence-electron chi connectivity index (χ2n) is 2.71. The van der Waals surface area contributed by atoms with E-state index in [4.69, 9.17) is 0 Å². The van der Waals surface area contributed by atoms with Crippen molar-refractivity contribution >= 4 is 9.84 Å². The quantitative estimate of drug-likeness (QED) is 0.795. The summed E-state index contributed by atoms with van der Waals surface area (Å²) in [6, 6.07) is 8.36. The van der Waals surface area contributed by atoms with Crippen molar-refractivity contribution in [1.29, 1.82) is 0 Å². The molecule has 1 rings (SSSR count). The maximum atomic E-state index is 11.2. The maximum Gasteiger partial charge on any atom is 0.180 e. The van der Waals surface area contributed by atoms with Gasteiger partial charge < -0.3 is 5.11 Å². The van der Waals surface area contributed by atoms with E-state index in [1.54, 1.807) is 30.3 Å². The molecule has 0 aliphatic rings. The Balaban J connectivity index is 2.99. The summed E-state index contributed by atoms with van der Waals surface area (Å²) in [6.45, 7) is 1.52. The summed E-state index contributed by atoms with van der Waals surface area (Å²) >= 11 is 0. The molecule has 1 N–H and O–H groups in total. The van der Waals surface area contributed by atoms with Crippen LogP contribution in [0.2, 0.25) is 0 Å². The summed E-state index contributed by atoms with van der Waals surface area (Å²) in [7, 11) is -3.40. The summed E-state index contributed by atoms with van der Waals surface area (Å²) in [5.41, 5.74) is -0.969. The average Bonchev–Trinajstić information content (AvgIpc) is 2.18. The van der Waals surface area contributed by atoms with Gasteiger partial charge in [0.1, 0.15) is 0 Å². The smallest absolute Gasteiger partial charge is 0.180 e. The molecule has 1 aromatic rings. The molecule has 0 spiro atoms. The molecule has 0 aliphatic heterocycles. The topological polar surface area (TPSA) is 54.4 Å². The van der Waals surface area contributed by atoms with Crippen LogP contribution in [0.3, 0.4) is 0 Å². The fraction of sp³-hybridized carbons (Fsp3) is 0.333. The Labute approximate surface area is 77.9 Å². The first kappa shape index (κ1) is 10.2. The zero-order valence-corrected chi connectivity index (χ0v) is 8.16. The van der Waals surface area contributed by atoms with Crippen LogP contribution in [-0.2, 0) is 9.84 Å². The zero-order chi connectivity index (χ0) is 9.90. The number of benzene rings is 1. The standard InChI is InChI=1S/C9H12O3S/c1-2-13(11,12)9(10)8-6-4-3-5-7-8/h3-7,9-10H,2H2,1H3. The van der Waals surface area contributed by atoms with Gasteiger partial charge in [-0.15, -0.1) is 0 Å². The summed E-state index contributed by atoms with van der Waals surface area (Å²) in [5.74, 6) is -0.0525. The first-order valence-corrected chi connectivity index (χ1v) is 5.74. The minimum atomic E-state index is -3.40. The van der Waals surface area contributed by atoms with Crippen molar-refractivity contribution in [2.24, 2.45) is 0 Å². The van der Waals surface area contributed by atoms with Gasteiger partial charge in [-0.2, -0.15) is 0 Å². The van der Waals surface area contributed by atoms with E-state index in [1.807, 2.05) is 0 Å². The van der Waals surface area contributed by atoms with E-state index in [1.165, 1.54) is 6.92 Å². The van der Waals surface area contributed by atoms with Crippen molar-refractivity contribution in [1.82, 2.24) is 0 Å². The molecule has 0 aliphatic carbocycles. The van der Waals surface area contributed by atoms with E-state index in [0.29, 0.717) is 5.56 Å². The predicted molar refractivity (Wildman–Crippen MR) is 50.9 cm³/mol. The van der Waals surface area contributed by atoms with Crippen LogP contribution in [0, 0.1) is 0 Å². The highest BCUT2D eigenvalue weighted by Crippen LogP contribution is 2.18. The first-order valence-electron chi connectivity index (χ1n) is 4.02. The largest absolute Gasteiger partial charge is 0.373 e. The lowest BCUT2D eigenvalue weighted by atomic mass is 10.2. The number of rotatable bonds is 3. The van der Waals surface area contributed by atoms with E-state index < -0.39 is 15.3 Å². The molecule has 72 valence electrons. The minimum absolute atomic E-state index is 0.0525. The molecule has 0 fully saturated rings. The van der Waals surface area contributed by atoms with Crippen molar-refractivity contribution in [3.05, 3.63) is 35.9 Å². The molecular weight excluding hydrogens is 188 g/mol. The summed E-state index contributed by atoms with van der Waals surface area (Å²) < 4.78 is 22.5. The summed E-state index contributed by atoms with van der Waals surface area (Å²) in [6.07, 6.45) is 0.